The van der Waals surface area contributed by atoms with E-state index in [9.17, 15) is 14.4 Å². The molecule has 34 heavy (non-hydrogen) atoms. The lowest BCUT2D eigenvalue weighted by atomic mass is 10.1. The summed E-state index contributed by atoms with van der Waals surface area (Å²) in [6.07, 6.45) is 0. The van der Waals surface area contributed by atoms with Gasteiger partial charge in [0.05, 0.1) is 6.54 Å². The van der Waals surface area contributed by atoms with Gasteiger partial charge in [0.2, 0.25) is 0 Å². The summed E-state index contributed by atoms with van der Waals surface area (Å²) in [5.74, 6) is -1.18. The average Bonchev–Trinajstić information content (AvgIpc) is 3.03. The first-order valence-electron chi connectivity index (χ1n) is 10.5. The van der Waals surface area contributed by atoms with Crippen molar-refractivity contribution in [2.45, 2.75) is 20.0 Å². The molecule has 0 spiro atoms. The number of halogens is 2. The van der Waals surface area contributed by atoms with Gasteiger partial charge in [-0.3, -0.25) is 19.3 Å². The SMILES string of the molecule is Cc1cc(I)ccc1NC(=O)c1ccc(CNC2=C(Cl)C(=O)N(Cc3ccccc3)C2=O)cc1. The largest absolute Gasteiger partial charge is 0.375 e. The van der Waals surface area contributed by atoms with Gasteiger partial charge in [0.25, 0.3) is 17.7 Å². The van der Waals surface area contributed by atoms with Gasteiger partial charge >= 0.3 is 0 Å². The third kappa shape index (κ3) is 5.31. The first-order chi connectivity index (χ1) is 16.3. The number of nitrogens with zero attached hydrogens (tertiary/aromatic N) is 1. The molecule has 2 N–H and O–H groups in total. The van der Waals surface area contributed by atoms with Crippen molar-refractivity contribution in [2.24, 2.45) is 0 Å². The van der Waals surface area contributed by atoms with Crippen molar-refractivity contribution in [1.82, 2.24) is 10.2 Å². The monoisotopic (exact) mass is 585 g/mol. The minimum Gasteiger partial charge on any atom is -0.375 e. The summed E-state index contributed by atoms with van der Waals surface area (Å²) in [6, 6.07) is 22.1. The first kappa shape index (κ1) is 24.0. The number of rotatable bonds is 7. The Labute approximate surface area is 216 Å². The van der Waals surface area contributed by atoms with E-state index >= 15 is 0 Å². The highest BCUT2D eigenvalue weighted by Crippen LogP contribution is 2.24. The van der Waals surface area contributed by atoms with Crippen molar-refractivity contribution in [1.29, 1.82) is 0 Å². The highest BCUT2D eigenvalue weighted by atomic mass is 127. The molecule has 0 atom stereocenters. The Balaban J connectivity index is 1.37. The zero-order valence-electron chi connectivity index (χ0n) is 18.3. The minimum absolute atomic E-state index is 0.0820. The van der Waals surface area contributed by atoms with Crippen LogP contribution in [0.2, 0.25) is 0 Å². The molecule has 4 rings (SSSR count). The van der Waals surface area contributed by atoms with Crippen molar-refractivity contribution in [3.8, 4) is 0 Å². The van der Waals surface area contributed by atoms with Crippen LogP contribution in [0.3, 0.4) is 0 Å². The molecule has 0 saturated carbocycles. The van der Waals surface area contributed by atoms with Crippen LogP contribution in [-0.4, -0.2) is 22.6 Å². The number of imide groups is 1. The molecule has 3 aromatic carbocycles. The fourth-order valence-electron chi connectivity index (χ4n) is 3.54. The van der Waals surface area contributed by atoms with Crippen molar-refractivity contribution in [3.05, 3.63) is 109 Å². The van der Waals surface area contributed by atoms with Crippen LogP contribution < -0.4 is 10.6 Å². The maximum atomic E-state index is 12.8. The average molecular weight is 586 g/mol. The normalized spacial score (nSPS) is 13.4. The topological polar surface area (TPSA) is 78.5 Å². The highest BCUT2D eigenvalue weighted by molar-refractivity contribution is 14.1. The Hall–Kier alpha value is -3.17. The fraction of sp³-hybridized carbons (Fsp3) is 0.115. The molecular weight excluding hydrogens is 565 g/mol. The number of benzene rings is 3. The van der Waals surface area contributed by atoms with E-state index in [1.54, 1.807) is 24.3 Å². The van der Waals surface area contributed by atoms with Gasteiger partial charge in [-0.1, -0.05) is 54.1 Å². The molecule has 1 aliphatic rings. The zero-order chi connectivity index (χ0) is 24.2. The third-order valence-corrected chi connectivity index (χ3v) is 6.44. The maximum Gasteiger partial charge on any atom is 0.278 e. The van der Waals surface area contributed by atoms with Crippen LogP contribution in [0.15, 0.2) is 83.5 Å². The Morgan fingerprint density at radius 3 is 2.32 bits per heavy atom. The van der Waals surface area contributed by atoms with Gasteiger partial charge in [-0.15, -0.1) is 0 Å². The predicted molar refractivity (Wildman–Crippen MR) is 140 cm³/mol. The molecule has 0 saturated heterocycles. The van der Waals surface area contributed by atoms with E-state index in [-0.39, 0.29) is 29.7 Å². The quantitative estimate of drug-likeness (QED) is 0.304. The van der Waals surface area contributed by atoms with E-state index in [0.29, 0.717) is 5.56 Å². The van der Waals surface area contributed by atoms with E-state index in [0.717, 1.165) is 30.8 Å². The minimum atomic E-state index is -0.518. The van der Waals surface area contributed by atoms with E-state index in [1.807, 2.05) is 55.5 Å². The molecule has 1 aliphatic heterocycles. The van der Waals surface area contributed by atoms with Gasteiger partial charge in [0.1, 0.15) is 10.7 Å². The standard InChI is InChI=1S/C26H21ClIN3O3/c1-16-13-20(28)11-12-21(16)30-24(32)19-9-7-17(8-10-19)14-29-23-22(27)25(33)31(26(23)34)15-18-5-3-2-4-6-18/h2-13,29H,14-15H2,1H3,(H,30,32). The number of nitrogens with one attached hydrogen (secondary N) is 2. The molecule has 0 radical (unpaired) electrons. The van der Waals surface area contributed by atoms with Gasteiger partial charge < -0.3 is 10.6 Å². The zero-order valence-corrected chi connectivity index (χ0v) is 21.2. The van der Waals surface area contributed by atoms with Crippen LogP contribution in [0.25, 0.3) is 0 Å². The lowest BCUT2D eigenvalue weighted by molar-refractivity contribution is -0.138. The molecule has 8 heteroatoms. The summed E-state index contributed by atoms with van der Waals surface area (Å²) in [6.45, 7) is 2.38. The van der Waals surface area contributed by atoms with Crippen molar-refractivity contribution in [2.75, 3.05) is 5.32 Å². The van der Waals surface area contributed by atoms with Crippen molar-refractivity contribution < 1.29 is 14.4 Å². The Kier molecular flexibility index (Phi) is 7.33. The molecule has 0 unspecified atom stereocenters. The van der Waals surface area contributed by atoms with E-state index in [4.69, 9.17) is 11.6 Å². The highest BCUT2D eigenvalue weighted by Gasteiger charge is 2.37. The second-order valence-corrected chi connectivity index (χ2v) is 9.46. The van der Waals surface area contributed by atoms with Crippen LogP contribution >= 0.6 is 34.2 Å². The molecule has 1 heterocycles. The first-order valence-corrected chi connectivity index (χ1v) is 12.0. The van der Waals surface area contributed by atoms with Crippen LogP contribution in [0.1, 0.15) is 27.0 Å². The molecule has 172 valence electrons. The molecular formula is C26H21ClIN3O3. The second kappa shape index (κ2) is 10.4. The predicted octanol–water partition coefficient (Wildman–Crippen LogP) is 4.96. The molecule has 0 aromatic heterocycles. The second-order valence-electron chi connectivity index (χ2n) is 7.83. The molecule has 3 amide bonds. The number of hydrogen-bond donors (Lipinski definition) is 2. The summed E-state index contributed by atoms with van der Waals surface area (Å²) in [5, 5.41) is 5.78. The number of anilines is 1. The Morgan fingerprint density at radius 1 is 0.941 bits per heavy atom. The van der Waals surface area contributed by atoms with Crippen LogP contribution in [0.4, 0.5) is 5.69 Å². The van der Waals surface area contributed by atoms with Crippen LogP contribution in [0.5, 0.6) is 0 Å². The molecule has 0 aliphatic carbocycles. The number of carbonyl (C=O) groups is 3. The van der Waals surface area contributed by atoms with Crippen molar-refractivity contribution in [3.63, 3.8) is 0 Å². The number of amides is 3. The number of aryl methyl sites for hydroxylation is 1. The lowest BCUT2D eigenvalue weighted by Gasteiger charge is -2.15. The Bertz CT molecular complexity index is 1290. The van der Waals surface area contributed by atoms with Gasteiger partial charge in [-0.25, -0.2) is 0 Å². The van der Waals surface area contributed by atoms with Gasteiger partial charge in [-0.05, 0) is 76.5 Å². The lowest BCUT2D eigenvalue weighted by Crippen LogP contribution is -2.33. The summed E-state index contributed by atoms with van der Waals surface area (Å²) in [4.78, 5) is 39.0. The van der Waals surface area contributed by atoms with Gasteiger partial charge in [-0.2, -0.15) is 0 Å². The molecule has 6 nitrogen and oxygen atoms in total. The molecule has 0 fully saturated rings. The summed E-state index contributed by atoms with van der Waals surface area (Å²) in [5.41, 5.74) is 4.02. The maximum absolute atomic E-state index is 12.8. The van der Waals surface area contributed by atoms with Crippen LogP contribution in [-0.2, 0) is 22.7 Å². The van der Waals surface area contributed by atoms with Crippen LogP contribution in [0, 0.1) is 10.5 Å². The molecule has 3 aromatic rings. The number of hydrogen-bond acceptors (Lipinski definition) is 4. The van der Waals surface area contributed by atoms with Gasteiger partial charge in [0, 0.05) is 21.4 Å². The van der Waals surface area contributed by atoms with E-state index in [1.165, 1.54) is 0 Å². The van der Waals surface area contributed by atoms with Gasteiger partial charge in [0.15, 0.2) is 0 Å². The Morgan fingerprint density at radius 2 is 1.65 bits per heavy atom. The number of carbonyl (C=O) groups excluding carboxylic acids is 3. The summed E-state index contributed by atoms with van der Waals surface area (Å²) < 4.78 is 1.10. The van der Waals surface area contributed by atoms with E-state index in [2.05, 4.69) is 33.2 Å². The smallest absolute Gasteiger partial charge is 0.278 e. The van der Waals surface area contributed by atoms with Crippen molar-refractivity contribution >= 4 is 57.6 Å². The van der Waals surface area contributed by atoms with E-state index < -0.39 is 11.8 Å². The fourth-order valence-corrected chi connectivity index (χ4v) is 4.43. The summed E-state index contributed by atoms with van der Waals surface area (Å²) >= 11 is 8.40. The molecule has 0 bridgehead atoms. The summed E-state index contributed by atoms with van der Waals surface area (Å²) in [7, 11) is 0. The third-order valence-electron chi connectivity index (χ3n) is 5.42.